The molecule has 1 saturated heterocycles. The monoisotopic (exact) mass is 252 g/mol. The van der Waals surface area contributed by atoms with E-state index in [1.54, 1.807) is 11.9 Å². The summed E-state index contributed by atoms with van der Waals surface area (Å²) >= 11 is 0. The number of nitriles is 1. The smallest absolute Gasteiger partial charge is 0.242 e. The lowest BCUT2D eigenvalue weighted by molar-refractivity contribution is -0.143. The Bertz CT molecular complexity index is 328. The van der Waals surface area contributed by atoms with Crippen molar-refractivity contribution in [2.45, 2.75) is 38.8 Å². The number of carbonyl (C=O) groups excluding carboxylic acids is 1. The molecule has 1 amide bonds. The second kappa shape index (κ2) is 6.17. The van der Waals surface area contributed by atoms with Crippen molar-refractivity contribution in [3.63, 3.8) is 0 Å². The Balaban J connectivity index is 2.71. The summed E-state index contributed by atoms with van der Waals surface area (Å²) in [6, 6.07) is 2.08. The maximum Gasteiger partial charge on any atom is 0.242 e. The summed E-state index contributed by atoms with van der Waals surface area (Å²) in [6.07, 6.45) is 0.375. The van der Waals surface area contributed by atoms with Crippen LogP contribution in [0.1, 0.15) is 27.2 Å². The van der Waals surface area contributed by atoms with Crippen LogP contribution in [0.4, 0.5) is 0 Å². The Morgan fingerprint density at radius 2 is 2.06 bits per heavy atom. The molecule has 5 heteroatoms. The van der Waals surface area contributed by atoms with Crippen molar-refractivity contribution in [1.82, 2.24) is 15.1 Å². The zero-order chi connectivity index (χ0) is 13.8. The van der Waals surface area contributed by atoms with Gasteiger partial charge in [0, 0.05) is 39.3 Å². The molecule has 0 aromatic carbocycles. The standard InChI is InChI=1S/C13H24N4O/c1-11(5-6-14)16(4)12(18)13(2,3)17-9-7-15-8-10-17/h11,15H,5,7-10H2,1-4H3. The van der Waals surface area contributed by atoms with E-state index in [9.17, 15) is 4.79 Å². The molecule has 1 atom stereocenters. The van der Waals surface area contributed by atoms with E-state index in [2.05, 4.69) is 16.3 Å². The summed E-state index contributed by atoms with van der Waals surface area (Å²) in [5.74, 6) is 0.0900. The second-order valence-electron chi connectivity index (χ2n) is 5.42. The van der Waals surface area contributed by atoms with Gasteiger partial charge in [0.15, 0.2) is 0 Å². The van der Waals surface area contributed by atoms with E-state index < -0.39 is 5.54 Å². The number of carbonyl (C=O) groups is 1. The van der Waals surface area contributed by atoms with Crippen molar-refractivity contribution in [2.75, 3.05) is 33.2 Å². The predicted molar refractivity (Wildman–Crippen MR) is 71.0 cm³/mol. The average molecular weight is 252 g/mol. The molecule has 0 spiro atoms. The Kier molecular flexibility index (Phi) is 5.12. The number of likely N-dealkylation sites (N-methyl/N-ethyl adjacent to an activating group) is 1. The zero-order valence-electron chi connectivity index (χ0n) is 11.9. The second-order valence-corrected chi connectivity index (χ2v) is 5.42. The van der Waals surface area contributed by atoms with Gasteiger partial charge < -0.3 is 10.2 Å². The van der Waals surface area contributed by atoms with Crippen LogP contribution in [0.3, 0.4) is 0 Å². The van der Waals surface area contributed by atoms with Gasteiger partial charge in [0.25, 0.3) is 0 Å². The first-order valence-corrected chi connectivity index (χ1v) is 6.51. The summed E-state index contributed by atoms with van der Waals surface area (Å²) in [5, 5.41) is 12.0. The van der Waals surface area contributed by atoms with Gasteiger partial charge in [-0.05, 0) is 20.8 Å². The lowest BCUT2D eigenvalue weighted by atomic mass is 9.98. The van der Waals surface area contributed by atoms with Gasteiger partial charge in [0.05, 0.1) is 18.0 Å². The lowest BCUT2D eigenvalue weighted by Crippen LogP contribution is -2.61. The number of piperazine rings is 1. The normalized spacial score (nSPS) is 19.1. The Morgan fingerprint density at radius 3 is 2.56 bits per heavy atom. The summed E-state index contributed by atoms with van der Waals surface area (Å²) in [7, 11) is 1.79. The minimum Gasteiger partial charge on any atom is -0.340 e. The molecule has 1 rings (SSSR count). The maximum atomic E-state index is 12.5. The number of nitrogens with one attached hydrogen (secondary N) is 1. The summed E-state index contributed by atoms with van der Waals surface area (Å²) in [4.78, 5) is 16.4. The number of hydrogen-bond acceptors (Lipinski definition) is 4. The van der Waals surface area contributed by atoms with Gasteiger partial charge in [-0.2, -0.15) is 5.26 Å². The first-order chi connectivity index (χ1) is 8.41. The van der Waals surface area contributed by atoms with Gasteiger partial charge in [0.1, 0.15) is 0 Å². The van der Waals surface area contributed by atoms with Gasteiger partial charge >= 0.3 is 0 Å². The third kappa shape index (κ3) is 3.21. The van der Waals surface area contributed by atoms with E-state index in [0.29, 0.717) is 6.42 Å². The quantitative estimate of drug-likeness (QED) is 0.788. The molecule has 1 heterocycles. The van der Waals surface area contributed by atoms with E-state index in [0.717, 1.165) is 26.2 Å². The number of hydrogen-bond donors (Lipinski definition) is 1. The van der Waals surface area contributed by atoms with Gasteiger partial charge in [-0.25, -0.2) is 0 Å². The number of rotatable bonds is 4. The van der Waals surface area contributed by atoms with Crippen LogP contribution in [0.25, 0.3) is 0 Å². The molecule has 1 unspecified atom stereocenters. The largest absolute Gasteiger partial charge is 0.340 e. The van der Waals surface area contributed by atoms with Crippen LogP contribution in [0.5, 0.6) is 0 Å². The van der Waals surface area contributed by atoms with E-state index in [-0.39, 0.29) is 11.9 Å². The van der Waals surface area contributed by atoms with Crippen LogP contribution in [0.15, 0.2) is 0 Å². The van der Waals surface area contributed by atoms with E-state index in [1.807, 2.05) is 20.8 Å². The van der Waals surface area contributed by atoms with Crippen LogP contribution in [-0.4, -0.2) is 60.5 Å². The van der Waals surface area contributed by atoms with Crippen molar-refractivity contribution in [2.24, 2.45) is 0 Å². The van der Waals surface area contributed by atoms with Crippen LogP contribution in [0, 0.1) is 11.3 Å². The molecule has 1 aliphatic heterocycles. The van der Waals surface area contributed by atoms with Gasteiger partial charge in [0.2, 0.25) is 5.91 Å². The van der Waals surface area contributed by atoms with Crippen molar-refractivity contribution in [1.29, 1.82) is 5.26 Å². The third-order valence-electron chi connectivity index (χ3n) is 3.80. The lowest BCUT2D eigenvalue weighted by Gasteiger charge is -2.42. The third-order valence-corrected chi connectivity index (χ3v) is 3.80. The predicted octanol–water partition coefficient (Wildman–Crippen LogP) is 0.431. The Labute approximate surface area is 110 Å². The van der Waals surface area contributed by atoms with Crippen molar-refractivity contribution in [3.8, 4) is 6.07 Å². The molecule has 1 N–H and O–H groups in total. The molecule has 0 radical (unpaired) electrons. The van der Waals surface area contributed by atoms with Gasteiger partial charge in [-0.15, -0.1) is 0 Å². The summed E-state index contributed by atoms with van der Waals surface area (Å²) in [6.45, 7) is 9.47. The van der Waals surface area contributed by atoms with Gasteiger partial charge in [-0.1, -0.05) is 0 Å². The first kappa shape index (κ1) is 14.9. The summed E-state index contributed by atoms with van der Waals surface area (Å²) in [5.41, 5.74) is -0.499. The SMILES string of the molecule is CC(CC#N)N(C)C(=O)C(C)(C)N1CCNCC1. The van der Waals surface area contributed by atoms with Crippen molar-refractivity contribution < 1.29 is 4.79 Å². The fourth-order valence-corrected chi connectivity index (χ4v) is 2.26. The molecule has 0 aromatic rings. The van der Waals surface area contributed by atoms with Crippen molar-refractivity contribution >= 4 is 5.91 Å². The van der Waals surface area contributed by atoms with E-state index in [4.69, 9.17) is 5.26 Å². The molecular formula is C13H24N4O. The minimum atomic E-state index is -0.499. The summed E-state index contributed by atoms with van der Waals surface area (Å²) < 4.78 is 0. The highest BCUT2D eigenvalue weighted by Gasteiger charge is 2.38. The van der Waals surface area contributed by atoms with E-state index in [1.165, 1.54) is 0 Å². The molecular weight excluding hydrogens is 228 g/mol. The highest BCUT2D eigenvalue weighted by molar-refractivity contribution is 5.85. The molecule has 1 aliphatic rings. The maximum absolute atomic E-state index is 12.5. The van der Waals surface area contributed by atoms with Crippen LogP contribution < -0.4 is 5.32 Å². The Hall–Kier alpha value is -1.12. The molecule has 102 valence electrons. The topological polar surface area (TPSA) is 59.4 Å². The van der Waals surface area contributed by atoms with Gasteiger partial charge in [-0.3, -0.25) is 9.69 Å². The van der Waals surface area contributed by atoms with Crippen LogP contribution >= 0.6 is 0 Å². The number of nitrogens with zero attached hydrogens (tertiary/aromatic N) is 3. The first-order valence-electron chi connectivity index (χ1n) is 6.51. The van der Waals surface area contributed by atoms with Crippen LogP contribution in [-0.2, 0) is 4.79 Å². The average Bonchev–Trinajstić information content (AvgIpc) is 2.38. The fourth-order valence-electron chi connectivity index (χ4n) is 2.26. The molecule has 0 aliphatic carbocycles. The molecule has 0 bridgehead atoms. The fraction of sp³-hybridized carbons (Fsp3) is 0.846. The number of amides is 1. The zero-order valence-corrected chi connectivity index (χ0v) is 11.9. The van der Waals surface area contributed by atoms with Crippen molar-refractivity contribution in [3.05, 3.63) is 0 Å². The molecule has 18 heavy (non-hydrogen) atoms. The van der Waals surface area contributed by atoms with Crippen LogP contribution in [0.2, 0.25) is 0 Å². The minimum absolute atomic E-state index is 0.0373. The highest BCUT2D eigenvalue weighted by Crippen LogP contribution is 2.19. The highest BCUT2D eigenvalue weighted by atomic mass is 16.2. The molecule has 1 fully saturated rings. The Morgan fingerprint density at radius 1 is 1.50 bits per heavy atom. The molecule has 0 saturated carbocycles. The molecule has 5 nitrogen and oxygen atoms in total. The van der Waals surface area contributed by atoms with E-state index >= 15 is 0 Å². The molecule has 0 aromatic heterocycles.